The van der Waals surface area contributed by atoms with Gasteiger partial charge in [-0.25, -0.2) is 13.8 Å². The van der Waals surface area contributed by atoms with Crippen molar-refractivity contribution in [1.29, 1.82) is 0 Å². The molecule has 1 amide bonds. The van der Waals surface area contributed by atoms with Crippen LogP contribution in [0.15, 0.2) is 42.7 Å². The monoisotopic (exact) mass is 512 g/mol. The summed E-state index contributed by atoms with van der Waals surface area (Å²) in [5, 5.41) is 2.97. The van der Waals surface area contributed by atoms with Crippen molar-refractivity contribution in [3.8, 4) is 11.1 Å². The maximum absolute atomic E-state index is 15.0. The number of rotatable bonds is 6. The van der Waals surface area contributed by atoms with Gasteiger partial charge in [0.05, 0.1) is 12.6 Å². The minimum atomic E-state index is -5.90. The van der Waals surface area contributed by atoms with E-state index in [0.29, 0.717) is 42.3 Å². The number of anilines is 1. The van der Waals surface area contributed by atoms with E-state index in [1.54, 1.807) is 11.0 Å². The molecule has 1 aliphatic heterocycles. The summed E-state index contributed by atoms with van der Waals surface area (Å²) < 4.78 is 95.5. The fraction of sp³-hybridized carbons (Fsp3) is 0.292. The first-order valence-electron chi connectivity index (χ1n) is 10.8. The van der Waals surface area contributed by atoms with Gasteiger partial charge in [0.1, 0.15) is 23.1 Å². The second-order valence-electron chi connectivity index (χ2n) is 8.23. The number of aromatic nitrogens is 2. The second kappa shape index (κ2) is 9.07. The van der Waals surface area contributed by atoms with Crippen LogP contribution in [0.3, 0.4) is 0 Å². The molecular weight excluding hydrogens is 493 g/mol. The van der Waals surface area contributed by atoms with Crippen LogP contribution >= 0.6 is 0 Å². The summed E-state index contributed by atoms with van der Waals surface area (Å²) in [5.74, 6) is -7.08. The molecule has 4 rings (SSSR count). The Labute approximate surface area is 201 Å². The fourth-order valence-electron chi connectivity index (χ4n) is 3.98. The lowest BCUT2D eigenvalue weighted by atomic mass is 9.99. The van der Waals surface area contributed by atoms with Crippen molar-refractivity contribution in [2.24, 2.45) is 0 Å². The predicted octanol–water partition coefficient (Wildman–Crippen LogP) is 6.22. The van der Waals surface area contributed by atoms with Gasteiger partial charge in [-0.05, 0) is 49.7 Å². The van der Waals surface area contributed by atoms with Crippen LogP contribution in [0.2, 0.25) is 0 Å². The molecule has 0 bridgehead atoms. The Hall–Kier alpha value is -3.70. The quantitative estimate of drug-likeness (QED) is 0.398. The molecule has 5 nitrogen and oxygen atoms in total. The molecule has 0 fully saturated rings. The molecule has 0 radical (unpaired) electrons. The number of benzene rings is 1. The molecule has 0 spiro atoms. The summed E-state index contributed by atoms with van der Waals surface area (Å²) in [6.07, 6.45) is -3.82. The van der Waals surface area contributed by atoms with E-state index in [9.17, 15) is 31.1 Å². The topological polar surface area (TPSA) is 58.1 Å². The molecular formula is C24H19F7N4O. The van der Waals surface area contributed by atoms with Gasteiger partial charge in [-0.2, -0.15) is 22.0 Å². The van der Waals surface area contributed by atoms with Crippen molar-refractivity contribution in [3.05, 3.63) is 76.7 Å². The Morgan fingerprint density at radius 1 is 1.00 bits per heavy atom. The zero-order chi connectivity index (χ0) is 26.4. The number of hydrogen-bond donors (Lipinski definition) is 1. The zero-order valence-electron chi connectivity index (χ0n) is 18.9. The van der Waals surface area contributed by atoms with E-state index < -0.39 is 46.6 Å². The third kappa shape index (κ3) is 4.35. The second-order valence-corrected chi connectivity index (χ2v) is 8.23. The van der Waals surface area contributed by atoms with Crippen molar-refractivity contribution in [1.82, 2.24) is 14.9 Å². The predicted molar refractivity (Wildman–Crippen MR) is 116 cm³/mol. The van der Waals surface area contributed by atoms with E-state index in [4.69, 9.17) is 0 Å². The molecule has 0 saturated heterocycles. The number of carbonyl (C=O) groups is 1. The third-order valence-corrected chi connectivity index (χ3v) is 5.96. The van der Waals surface area contributed by atoms with E-state index in [0.717, 1.165) is 18.2 Å². The van der Waals surface area contributed by atoms with Gasteiger partial charge in [-0.1, -0.05) is 0 Å². The first kappa shape index (κ1) is 25.4. The molecule has 1 N–H and O–H groups in total. The van der Waals surface area contributed by atoms with Gasteiger partial charge in [-0.3, -0.25) is 9.78 Å². The number of hydrogen-bond acceptors (Lipinski definition) is 4. The summed E-state index contributed by atoms with van der Waals surface area (Å²) in [5.41, 5.74) is -1.61. The van der Waals surface area contributed by atoms with E-state index >= 15 is 4.39 Å². The van der Waals surface area contributed by atoms with Gasteiger partial charge in [-0.15, -0.1) is 0 Å². The van der Waals surface area contributed by atoms with E-state index in [-0.39, 0.29) is 11.5 Å². The lowest BCUT2D eigenvalue weighted by molar-refractivity contribution is -0.290. The van der Waals surface area contributed by atoms with Crippen molar-refractivity contribution in [2.75, 3.05) is 11.9 Å². The van der Waals surface area contributed by atoms with Gasteiger partial charge in [0.15, 0.2) is 0 Å². The maximum Gasteiger partial charge on any atom is 0.459 e. The normalized spacial score (nSPS) is 14.7. The van der Waals surface area contributed by atoms with Crippen LogP contribution in [0, 0.1) is 11.6 Å². The van der Waals surface area contributed by atoms with Gasteiger partial charge in [0.2, 0.25) is 0 Å². The lowest BCUT2D eigenvalue weighted by Crippen LogP contribution is -2.34. The number of halogens is 7. The minimum absolute atomic E-state index is 0.137. The fourth-order valence-corrected chi connectivity index (χ4v) is 3.98. The van der Waals surface area contributed by atoms with Crippen molar-refractivity contribution in [2.45, 2.75) is 38.5 Å². The van der Waals surface area contributed by atoms with Crippen LogP contribution in [0.1, 0.15) is 47.1 Å². The van der Waals surface area contributed by atoms with Crippen LogP contribution < -0.4 is 5.32 Å². The first-order chi connectivity index (χ1) is 16.8. The van der Waals surface area contributed by atoms with Crippen LogP contribution in [0.25, 0.3) is 11.1 Å². The largest absolute Gasteiger partial charge is 0.459 e. The van der Waals surface area contributed by atoms with Gasteiger partial charge in [0, 0.05) is 41.2 Å². The Kier molecular flexibility index (Phi) is 6.40. The summed E-state index contributed by atoms with van der Waals surface area (Å²) in [4.78, 5) is 21.3. The van der Waals surface area contributed by atoms with Crippen molar-refractivity contribution < 1.29 is 35.5 Å². The van der Waals surface area contributed by atoms with Crippen LogP contribution in [-0.2, 0) is 12.5 Å². The van der Waals surface area contributed by atoms with Crippen molar-refractivity contribution in [3.63, 3.8) is 0 Å². The number of amides is 1. The Bertz CT molecular complexity index is 1330. The number of fused-ring (bicyclic) bond motifs is 1. The highest BCUT2D eigenvalue weighted by Crippen LogP contribution is 2.44. The number of nitrogens with zero attached hydrogens (tertiary/aromatic N) is 3. The standard InChI is InChI=1S/C24H19F7N4O/c1-3-35-11-17-14(22(35)36)5-7-33-21(17)34-12(2)15-9-19(26)16(10-18(15)25)13-4-6-32-20(8-13)23(27,28)24(29,30)31/h4-10,12H,3,11H2,1-2H3,(H,33,34)/t12-/m0/s1. The van der Waals surface area contributed by atoms with E-state index in [2.05, 4.69) is 15.3 Å². The summed E-state index contributed by atoms with van der Waals surface area (Å²) >= 11 is 0. The van der Waals surface area contributed by atoms with Crippen LogP contribution in [0.5, 0.6) is 0 Å². The number of pyridine rings is 2. The molecule has 1 aromatic carbocycles. The molecule has 3 heterocycles. The van der Waals surface area contributed by atoms with Gasteiger partial charge >= 0.3 is 12.1 Å². The average Bonchev–Trinajstić information content (AvgIpc) is 3.16. The van der Waals surface area contributed by atoms with Gasteiger partial charge < -0.3 is 10.2 Å². The Balaban J connectivity index is 1.64. The third-order valence-electron chi connectivity index (χ3n) is 5.96. The number of nitrogens with one attached hydrogen (secondary N) is 1. The number of alkyl halides is 5. The summed E-state index contributed by atoms with van der Waals surface area (Å²) in [6, 6.07) is 3.67. The number of carbonyl (C=O) groups excluding carboxylic acids is 1. The molecule has 1 aliphatic rings. The average molecular weight is 512 g/mol. The molecule has 190 valence electrons. The lowest BCUT2D eigenvalue weighted by Gasteiger charge is -2.20. The zero-order valence-corrected chi connectivity index (χ0v) is 18.9. The summed E-state index contributed by atoms with van der Waals surface area (Å²) in [7, 11) is 0. The Morgan fingerprint density at radius 3 is 2.36 bits per heavy atom. The smallest absolute Gasteiger partial charge is 0.363 e. The molecule has 2 aromatic heterocycles. The summed E-state index contributed by atoms with van der Waals surface area (Å²) in [6.45, 7) is 4.13. The van der Waals surface area contributed by atoms with Gasteiger partial charge in [0.25, 0.3) is 5.91 Å². The highest BCUT2D eigenvalue weighted by atomic mass is 19.4. The molecule has 0 unspecified atom stereocenters. The molecule has 3 aromatic rings. The molecule has 0 saturated carbocycles. The highest BCUT2D eigenvalue weighted by molar-refractivity contribution is 5.99. The maximum atomic E-state index is 15.0. The van der Waals surface area contributed by atoms with Crippen LogP contribution in [0.4, 0.5) is 36.6 Å². The molecule has 12 heteroatoms. The molecule has 36 heavy (non-hydrogen) atoms. The highest BCUT2D eigenvalue weighted by Gasteiger charge is 2.60. The minimum Gasteiger partial charge on any atom is -0.363 e. The van der Waals surface area contributed by atoms with E-state index in [1.165, 1.54) is 13.1 Å². The first-order valence-corrected chi connectivity index (χ1v) is 10.8. The van der Waals surface area contributed by atoms with E-state index in [1.807, 2.05) is 6.92 Å². The van der Waals surface area contributed by atoms with Crippen molar-refractivity contribution >= 4 is 11.7 Å². The SMILES string of the molecule is CCN1Cc2c(ccnc2N[C@@H](C)c2cc(F)c(-c3ccnc(C(F)(F)C(F)(F)F)c3)cc2F)C1=O. The Morgan fingerprint density at radius 2 is 1.69 bits per heavy atom. The molecule has 1 atom stereocenters. The molecule has 0 aliphatic carbocycles. The van der Waals surface area contributed by atoms with Crippen LogP contribution in [-0.4, -0.2) is 33.5 Å².